The van der Waals surface area contributed by atoms with E-state index in [1.807, 2.05) is 24.3 Å². The van der Waals surface area contributed by atoms with Gasteiger partial charge in [0.1, 0.15) is 11.9 Å². The Labute approximate surface area is 261 Å². The Morgan fingerprint density at radius 2 is 1.86 bits per heavy atom. The van der Waals surface area contributed by atoms with Gasteiger partial charge in [-0.25, -0.2) is 0 Å². The summed E-state index contributed by atoms with van der Waals surface area (Å²) in [5.74, 6) is -0.212. The van der Waals surface area contributed by atoms with E-state index in [4.69, 9.17) is 16.2 Å². The molecule has 3 saturated carbocycles. The summed E-state index contributed by atoms with van der Waals surface area (Å²) in [6.45, 7) is 10.9. The monoisotopic (exact) mass is 616 g/mol. The van der Waals surface area contributed by atoms with Gasteiger partial charge >= 0.3 is 5.97 Å². The summed E-state index contributed by atoms with van der Waals surface area (Å²) < 4.78 is 6.44. The van der Waals surface area contributed by atoms with E-state index in [-0.39, 0.29) is 53.1 Å². The Hall–Kier alpha value is -1.98. The van der Waals surface area contributed by atoms with Crippen LogP contribution < -0.4 is 22.1 Å². The molecule has 0 saturated heterocycles. The smallest absolute Gasteiger partial charge is 0.316 e. The summed E-state index contributed by atoms with van der Waals surface area (Å²) in [4.78, 5) is 39.6. The maximum Gasteiger partial charge on any atom is 0.316 e. The Morgan fingerprint density at radius 3 is 2.53 bits per heavy atom. The van der Waals surface area contributed by atoms with Crippen LogP contribution in [0, 0.1) is 34.0 Å². The molecule has 1 aromatic carbocycles. The fourth-order valence-corrected chi connectivity index (χ4v) is 9.12. The molecular weight excluding hydrogens is 564 g/mol. The van der Waals surface area contributed by atoms with Gasteiger partial charge in [0.2, 0.25) is 5.91 Å². The van der Waals surface area contributed by atoms with Crippen LogP contribution in [0.5, 0.6) is 0 Å². The lowest BCUT2D eigenvalue weighted by Gasteiger charge is -2.62. The number of carbonyl (C=O) groups excluding carboxylic acids is 3. The van der Waals surface area contributed by atoms with Crippen LogP contribution in [0.25, 0.3) is 0 Å². The van der Waals surface area contributed by atoms with Crippen LogP contribution >= 0.6 is 11.8 Å². The van der Waals surface area contributed by atoms with E-state index in [0.29, 0.717) is 32.5 Å². The zero-order chi connectivity index (χ0) is 31.4. The van der Waals surface area contributed by atoms with Crippen LogP contribution in [0.15, 0.2) is 29.2 Å². The van der Waals surface area contributed by atoms with Crippen molar-refractivity contribution in [1.29, 1.82) is 0 Å². The lowest BCUT2D eigenvalue weighted by Crippen LogP contribution is -2.64. The van der Waals surface area contributed by atoms with Crippen LogP contribution in [0.4, 0.5) is 0 Å². The molecule has 0 aliphatic heterocycles. The van der Waals surface area contributed by atoms with Crippen molar-refractivity contribution in [2.45, 2.75) is 89.9 Å². The molecule has 43 heavy (non-hydrogen) atoms. The van der Waals surface area contributed by atoms with Crippen molar-refractivity contribution in [3.63, 3.8) is 0 Å². The third-order valence-corrected chi connectivity index (χ3v) is 12.2. The molecule has 8 atom stereocenters. The average Bonchev–Trinajstić information content (AvgIpc) is 3.36. The number of benzene rings is 1. The van der Waals surface area contributed by atoms with E-state index < -0.39 is 23.0 Å². The number of thioether (sulfide) groups is 1. The highest BCUT2D eigenvalue weighted by molar-refractivity contribution is 8.00. The predicted octanol–water partition coefficient (Wildman–Crippen LogP) is 3.01. The summed E-state index contributed by atoms with van der Waals surface area (Å²) in [5.41, 5.74) is 10.7. The van der Waals surface area contributed by atoms with E-state index in [2.05, 4.69) is 38.3 Å². The molecule has 4 rings (SSSR count). The van der Waals surface area contributed by atoms with Gasteiger partial charge in [0.05, 0.1) is 18.4 Å². The Bertz CT molecular complexity index is 1150. The number of carbonyl (C=O) groups is 3. The number of hydrogen-bond donors (Lipinski definition) is 5. The maximum atomic E-state index is 13.7. The highest BCUT2D eigenvalue weighted by Gasteiger charge is 2.68. The van der Waals surface area contributed by atoms with Crippen LogP contribution in [0.1, 0.15) is 71.8 Å². The van der Waals surface area contributed by atoms with Gasteiger partial charge in [-0.2, -0.15) is 0 Å². The van der Waals surface area contributed by atoms with Crippen molar-refractivity contribution in [1.82, 2.24) is 10.6 Å². The number of esters is 1. The van der Waals surface area contributed by atoms with Crippen LogP contribution in [0.3, 0.4) is 0 Å². The predicted molar refractivity (Wildman–Crippen MR) is 169 cm³/mol. The number of hydrogen-bond acceptors (Lipinski definition) is 9. The fraction of sp³-hybridized carbons (Fsp3) is 0.727. The number of amides is 1. The van der Waals surface area contributed by atoms with Crippen molar-refractivity contribution in [2.75, 3.05) is 31.9 Å². The number of nitrogens with two attached hydrogens (primary N) is 2. The normalized spacial score (nSPS) is 35.5. The topological polar surface area (TPSA) is 157 Å². The molecule has 240 valence electrons. The minimum Gasteiger partial charge on any atom is -0.461 e. The van der Waals surface area contributed by atoms with Crippen LogP contribution in [-0.4, -0.2) is 66.9 Å². The molecule has 3 fully saturated rings. The molecule has 9 nitrogen and oxygen atoms in total. The number of aliphatic hydroxyl groups excluding tert-OH is 1. The second-order valence-corrected chi connectivity index (χ2v) is 14.8. The fourth-order valence-electron chi connectivity index (χ4n) is 8.44. The highest BCUT2D eigenvalue weighted by Crippen LogP contribution is 2.67. The summed E-state index contributed by atoms with van der Waals surface area (Å²) in [7, 11) is 0. The summed E-state index contributed by atoms with van der Waals surface area (Å²) in [6, 6.07) is 7.69. The van der Waals surface area contributed by atoms with Crippen LogP contribution in [0.2, 0.25) is 0 Å². The van der Waals surface area contributed by atoms with Gasteiger partial charge in [-0.1, -0.05) is 39.8 Å². The summed E-state index contributed by atoms with van der Waals surface area (Å²) >= 11 is 1.40. The van der Waals surface area contributed by atoms with E-state index in [1.165, 1.54) is 11.8 Å². The Balaban J connectivity index is 1.55. The van der Waals surface area contributed by atoms with Crippen LogP contribution in [-0.2, 0) is 25.7 Å². The molecular formula is C33H52N4O5S. The van der Waals surface area contributed by atoms with Crippen molar-refractivity contribution < 1.29 is 24.2 Å². The first-order valence-electron chi connectivity index (χ1n) is 15.9. The van der Waals surface area contributed by atoms with Crippen molar-refractivity contribution in [2.24, 2.45) is 45.5 Å². The molecule has 10 heteroatoms. The number of ketones is 1. The molecule has 0 spiro atoms. The minimum absolute atomic E-state index is 0.0455. The number of ether oxygens (including phenoxy) is 1. The number of rotatable bonds is 12. The zero-order valence-electron chi connectivity index (χ0n) is 26.3. The van der Waals surface area contributed by atoms with E-state index in [0.717, 1.165) is 42.7 Å². The van der Waals surface area contributed by atoms with Crippen molar-refractivity contribution in [3.05, 3.63) is 29.8 Å². The lowest BCUT2D eigenvalue weighted by molar-refractivity contribution is -0.210. The zero-order valence-corrected chi connectivity index (χ0v) is 27.1. The summed E-state index contributed by atoms with van der Waals surface area (Å²) in [5, 5.41) is 18.3. The number of Topliss-reactive ketones (excluding diaryl/α,β-unsaturated/α-hetero) is 1. The van der Waals surface area contributed by atoms with Gasteiger partial charge in [0.15, 0.2) is 0 Å². The van der Waals surface area contributed by atoms with Gasteiger partial charge in [-0.05, 0) is 80.1 Å². The molecule has 3 aliphatic carbocycles. The minimum atomic E-state index is -0.645. The second-order valence-electron chi connectivity index (χ2n) is 13.7. The van der Waals surface area contributed by atoms with Crippen molar-refractivity contribution >= 4 is 29.4 Å². The maximum absolute atomic E-state index is 13.7. The first-order chi connectivity index (χ1) is 20.4. The van der Waals surface area contributed by atoms with E-state index >= 15 is 0 Å². The molecule has 0 heterocycles. The largest absolute Gasteiger partial charge is 0.461 e. The van der Waals surface area contributed by atoms with Gasteiger partial charge in [0, 0.05) is 41.2 Å². The highest BCUT2D eigenvalue weighted by atomic mass is 32.2. The molecule has 8 unspecified atom stereocenters. The molecule has 1 aromatic rings. The quantitative estimate of drug-likeness (QED) is 0.135. The Kier molecular flexibility index (Phi) is 11.0. The van der Waals surface area contributed by atoms with Gasteiger partial charge in [-0.3, -0.25) is 14.4 Å². The van der Waals surface area contributed by atoms with Gasteiger partial charge in [0.25, 0.3) is 0 Å². The number of nitrogens with one attached hydrogen (secondary N) is 2. The third kappa shape index (κ3) is 6.83. The first kappa shape index (κ1) is 33.9. The molecule has 7 N–H and O–H groups in total. The molecule has 0 aromatic heterocycles. The van der Waals surface area contributed by atoms with Gasteiger partial charge in [-0.15, -0.1) is 11.8 Å². The van der Waals surface area contributed by atoms with Gasteiger partial charge < -0.3 is 31.9 Å². The second kappa shape index (κ2) is 14.0. The standard InChI is InChI=1S/C33H52N4O5S/c1-21-10-12-33-13-11-25(38)29(33)32(21,4)26(16-31(3,30(41)22(33)2)20-36-15-5-14-34)42-28(40)19-43-24-8-6-23(7-9-24)18-37-27(39)17-35/h6-9,21-22,26,29-30,36,41H,5,10-20,34-35H2,1-4H3,(H,37,39). The first-order valence-corrected chi connectivity index (χ1v) is 16.9. The molecule has 3 aliphatic rings. The third-order valence-electron chi connectivity index (χ3n) is 11.2. The molecule has 0 radical (unpaired) electrons. The lowest BCUT2D eigenvalue weighted by atomic mass is 9.44. The number of aliphatic hydroxyl groups is 1. The SMILES string of the molecule is CC1C(O)C(C)(CNCCCN)CC(OC(=O)CSc2ccc(CNC(=O)CN)cc2)C2(C)C(C)CCC13CCC(=O)C32. The van der Waals surface area contributed by atoms with E-state index in [9.17, 15) is 19.5 Å². The molecule has 2 bridgehead atoms. The van der Waals surface area contributed by atoms with Crippen molar-refractivity contribution in [3.8, 4) is 0 Å². The summed E-state index contributed by atoms with van der Waals surface area (Å²) in [6.07, 6.45) is 3.35. The van der Waals surface area contributed by atoms with E-state index in [1.54, 1.807) is 0 Å². The average molecular weight is 617 g/mol. The molecule has 1 amide bonds. The Morgan fingerprint density at radius 1 is 1.14 bits per heavy atom.